The van der Waals surface area contributed by atoms with E-state index in [0.717, 1.165) is 47.5 Å². The number of nitrogens with one attached hydrogen (secondary N) is 1. The van der Waals surface area contributed by atoms with Crippen LogP contribution in [-0.2, 0) is 16.8 Å². The third kappa shape index (κ3) is 8.07. The molecule has 6 rings (SSSR count). The number of carboxylic acid groups (broad SMARTS) is 1. The molecule has 2 aromatic carbocycles. The van der Waals surface area contributed by atoms with Crippen LogP contribution in [0.15, 0.2) is 54.7 Å². The van der Waals surface area contributed by atoms with E-state index in [4.69, 9.17) is 31.2 Å². The lowest BCUT2D eigenvalue weighted by Crippen LogP contribution is -2.48. The summed E-state index contributed by atoms with van der Waals surface area (Å²) in [7, 11) is 0. The third-order valence-electron chi connectivity index (χ3n) is 8.88. The van der Waals surface area contributed by atoms with E-state index in [2.05, 4.69) is 52.2 Å². The van der Waals surface area contributed by atoms with Crippen LogP contribution in [0.25, 0.3) is 0 Å². The van der Waals surface area contributed by atoms with Crippen molar-refractivity contribution in [1.82, 2.24) is 20.2 Å². The average Bonchev–Trinajstić information content (AvgIpc) is 3.57. The molecule has 3 aromatic rings. The number of hydrogen-bond donors (Lipinski definition) is 2. The number of benzene rings is 2. The maximum Gasteiger partial charge on any atom is 0.490 e. The molecule has 13 heteroatoms. The van der Waals surface area contributed by atoms with Gasteiger partial charge < -0.3 is 25.0 Å². The number of hydrogen-bond acceptors (Lipinski definition) is 8. The Bertz CT molecular complexity index is 1560. The minimum Gasteiger partial charge on any atom is -0.487 e. The van der Waals surface area contributed by atoms with Gasteiger partial charge in [-0.15, -0.1) is 0 Å². The van der Waals surface area contributed by atoms with Crippen LogP contribution < -0.4 is 15.0 Å². The number of rotatable bonds is 8. The molecular formula is C33H36ClF3N6O3. The molecule has 9 nitrogen and oxygen atoms in total. The van der Waals surface area contributed by atoms with Crippen LogP contribution >= 0.6 is 11.6 Å². The fraction of sp³-hybridized carbons (Fsp3) is 0.455. The first-order valence-electron chi connectivity index (χ1n) is 15.1. The van der Waals surface area contributed by atoms with Gasteiger partial charge in [0, 0.05) is 62.4 Å². The number of nitriles is 1. The summed E-state index contributed by atoms with van der Waals surface area (Å²) in [5.41, 5.74) is 3.26. The Balaban J connectivity index is 0.000000537. The number of anilines is 1. The SMILES string of the molecule is CC(C)(c1ccc(OCc2ccnc(N3CC4CN(CC5CNC5)CC4C3)n2)cc1)c1cc(Cl)cc(C#N)c1.O=C(O)C(F)(F)F. The normalized spacial score (nSPS) is 19.9. The Morgan fingerprint density at radius 3 is 2.28 bits per heavy atom. The zero-order valence-corrected chi connectivity index (χ0v) is 26.4. The molecule has 244 valence electrons. The van der Waals surface area contributed by atoms with E-state index in [9.17, 15) is 18.4 Å². The van der Waals surface area contributed by atoms with Gasteiger partial charge in [-0.3, -0.25) is 0 Å². The van der Waals surface area contributed by atoms with Crippen LogP contribution in [0.2, 0.25) is 5.02 Å². The van der Waals surface area contributed by atoms with Crippen LogP contribution in [0, 0.1) is 29.1 Å². The van der Waals surface area contributed by atoms with Crippen molar-refractivity contribution >= 4 is 23.5 Å². The summed E-state index contributed by atoms with van der Waals surface area (Å²) in [6.45, 7) is 12.7. The molecule has 0 saturated carbocycles. The van der Waals surface area contributed by atoms with Gasteiger partial charge in [0.25, 0.3) is 0 Å². The van der Waals surface area contributed by atoms with Gasteiger partial charge in [-0.25, -0.2) is 14.8 Å². The fourth-order valence-corrected chi connectivity index (χ4v) is 6.40. The average molecular weight is 657 g/mol. The zero-order valence-electron chi connectivity index (χ0n) is 25.6. The van der Waals surface area contributed by atoms with Crippen molar-refractivity contribution in [2.45, 2.75) is 32.0 Å². The number of likely N-dealkylation sites (tertiary alicyclic amines) is 1. The molecule has 0 spiro atoms. The van der Waals surface area contributed by atoms with Crippen LogP contribution in [0.3, 0.4) is 0 Å². The number of carboxylic acids is 1. The van der Waals surface area contributed by atoms with Crippen LogP contribution in [0.4, 0.5) is 19.1 Å². The summed E-state index contributed by atoms with van der Waals surface area (Å²) in [5, 5.41) is 20.4. The van der Waals surface area contributed by atoms with Crippen LogP contribution in [0.1, 0.15) is 36.2 Å². The maximum absolute atomic E-state index is 10.6. The molecule has 2 unspecified atom stereocenters. The van der Waals surface area contributed by atoms with E-state index in [0.29, 0.717) is 29.0 Å². The highest BCUT2D eigenvalue weighted by molar-refractivity contribution is 6.30. The largest absolute Gasteiger partial charge is 0.490 e. The maximum atomic E-state index is 10.6. The third-order valence-corrected chi connectivity index (χ3v) is 9.10. The Morgan fingerprint density at radius 2 is 1.72 bits per heavy atom. The number of alkyl halides is 3. The lowest BCUT2D eigenvalue weighted by molar-refractivity contribution is -0.192. The van der Waals surface area contributed by atoms with E-state index in [1.807, 2.05) is 36.5 Å². The summed E-state index contributed by atoms with van der Waals surface area (Å²) >= 11 is 6.26. The van der Waals surface area contributed by atoms with Gasteiger partial charge in [0.15, 0.2) is 0 Å². The first kappa shape index (κ1) is 33.4. The molecule has 1 aromatic heterocycles. The smallest absolute Gasteiger partial charge is 0.487 e. The number of aliphatic carboxylic acids is 1. The number of fused-ring (bicyclic) bond motifs is 1. The second-order valence-electron chi connectivity index (χ2n) is 12.6. The van der Waals surface area contributed by atoms with Gasteiger partial charge in [-0.2, -0.15) is 18.4 Å². The highest BCUT2D eigenvalue weighted by Gasteiger charge is 2.41. The zero-order chi connectivity index (χ0) is 33.1. The molecule has 3 fully saturated rings. The molecular weight excluding hydrogens is 621 g/mol. The fourth-order valence-electron chi connectivity index (χ4n) is 6.17. The molecule has 3 aliphatic rings. The quantitative estimate of drug-likeness (QED) is 0.341. The highest BCUT2D eigenvalue weighted by atomic mass is 35.5. The molecule has 3 saturated heterocycles. The van der Waals surface area contributed by atoms with E-state index in [1.165, 1.54) is 32.7 Å². The minimum atomic E-state index is -5.08. The van der Waals surface area contributed by atoms with E-state index in [-0.39, 0.29) is 5.41 Å². The first-order chi connectivity index (χ1) is 21.8. The molecule has 0 amide bonds. The summed E-state index contributed by atoms with van der Waals surface area (Å²) < 4.78 is 37.8. The molecule has 46 heavy (non-hydrogen) atoms. The Labute approximate surface area is 271 Å². The Hall–Kier alpha value is -3.92. The van der Waals surface area contributed by atoms with E-state index >= 15 is 0 Å². The second-order valence-corrected chi connectivity index (χ2v) is 13.0. The predicted octanol–water partition coefficient (Wildman–Crippen LogP) is 5.13. The van der Waals surface area contributed by atoms with Gasteiger partial charge in [0.1, 0.15) is 12.4 Å². The van der Waals surface area contributed by atoms with Gasteiger partial charge in [0.2, 0.25) is 5.95 Å². The highest BCUT2D eigenvalue weighted by Crippen LogP contribution is 2.35. The van der Waals surface area contributed by atoms with E-state index < -0.39 is 12.1 Å². The standard InChI is InChI=1S/C31H35ClN6O.C2HF3O2/c1-31(2,26-9-21(12-33)10-27(32)11-26)25-3-5-29(6-4-25)39-20-28-7-8-35-30(36-28)38-18-23-16-37(17-24(23)19-38)15-22-13-34-14-22;3-2(4,5)1(6)7/h3-11,22-24,34H,13-20H2,1-2H3;(H,6,7). The van der Waals surface area contributed by atoms with Crippen molar-refractivity contribution in [1.29, 1.82) is 5.26 Å². The second kappa shape index (κ2) is 13.8. The van der Waals surface area contributed by atoms with Crippen LogP contribution in [-0.4, -0.2) is 77.9 Å². The molecule has 4 heterocycles. The van der Waals surface area contributed by atoms with Gasteiger partial charge in [-0.1, -0.05) is 37.6 Å². The van der Waals surface area contributed by atoms with Crippen LogP contribution in [0.5, 0.6) is 5.75 Å². The molecule has 0 aliphatic carbocycles. The molecule has 2 N–H and O–H groups in total. The number of ether oxygens (including phenoxy) is 1. The van der Waals surface area contributed by atoms with Crippen molar-refractivity contribution in [3.8, 4) is 11.8 Å². The summed E-state index contributed by atoms with van der Waals surface area (Å²) in [5.74, 6) is 1.10. The number of nitrogens with zero attached hydrogens (tertiary/aromatic N) is 5. The molecule has 0 bridgehead atoms. The van der Waals surface area contributed by atoms with Crippen molar-refractivity contribution < 1.29 is 27.8 Å². The summed E-state index contributed by atoms with van der Waals surface area (Å²) in [6.07, 6.45) is -3.24. The van der Waals surface area contributed by atoms with Gasteiger partial charge in [-0.05, 0) is 65.3 Å². The Morgan fingerprint density at radius 1 is 1.07 bits per heavy atom. The monoisotopic (exact) mass is 656 g/mol. The number of halogens is 4. The number of carbonyl (C=O) groups is 1. The Kier molecular flexibility index (Phi) is 10.1. The lowest BCUT2D eigenvalue weighted by atomic mass is 9.78. The van der Waals surface area contributed by atoms with Crippen molar-refractivity contribution in [2.24, 2.45) is 17.8 Å². The van der Waals surface area contributed by atoms with Gasteiger partial charge >= 0.3 is 12.1 Å². The van der Waals surface area contributed by atoms with Gasteiger partial charge in [0.05, 0.1) is 17.3 Å². The van der Waals surface area contributed by atoms with E-state index in [1.54, 1.807) is 6.07 Å². The number of aromatic nitrogens is 2. The molecule has 3 aliphatic heterocycles. The lowest BCUT2D eigenvalue weighted by Gasteiger charge is -2.32. The minimum absolute atomic E-state index is 0.309. The predicted molar refractivity (Wildman–Crippen MR) is 167 cm³/mol. The molecule has 0 radical (unpaired) electrons. The molecule has 2 atom stereocenters. The first-order valence-corrected chi connectivity index (χ1v) is 15.4. The summed E-state index contributed by atoms with van der Waals surface area (Å²) in [6, 6.07) is 17.8. The van der Waals surface area contributed by atoms with Crippen molar-refractivity contribution in [2.75, 3.05) is 50.7 Å². The topological polar surface area (TPSA) is 115 Å². The van der Waals surface area contributed by atoms with Crippen molar-refractivity contribution in [3.05, 3.63) is 82.1 Å². The summed E-state index contributed by atoms with van der Waals surface area (Å²) in [4.78, 5) is 23.3. The van der Waals surface area contributed by atoms with Crippen molar-refractivity contribution in [3.63, 3.8) is 0 Å².